The van der Waals surface area contributed by atoms with Crippen LogP contribution in [0.15, 0.2) is 28.7 Å². The van der Waals surface area contributed by atoms with Gasteiger partial charge in [0.2, 0.25) is 5.95 Å². The Morgan fingerprint density at radius 1 is 1.32 bits per heavy atom. The number of nitrogens with one attached hydrogen (secondary N) is 2. The van der Waals surface area contributed by atoms with Crippen LogP contribution < -0.4 is 16.0 Å². The summed E-state index contributed by atoms with van der Waals surface area (Å²) in [5, 5.41) is 10.7. The molecule has 1 atom stereocenters. The molecule has 0 amide bonds. The van der Waals surface area contributed by atoms with Crippen LogP contribution in [0.1, 0.15) is 11.9 Å². The molecule has 7 nitrogen and oxygen atoms in total. The number of hydrogen-bond donors (Lipinski definition) is 3. The molecular formula is C14H19BrN6O. The minimum atomic E-state index is -0.108. The van der Waals surface area contributed by atoms with Gasteiger partial charge in [0.15, 0.2) is 0 Å². The zero-order valence-corrected chi connectivity index (χ0v) is 13.7. The largest absolute Gasteiger partial charge is 0.378 e. The molecular weight excluding hydrogens is 348 g/mol. The van der Waals surface area contributed by atoms with E-state index < -0.39 is 0 Å². The van der Waals surface area contributed by atoms with Crippen molar-refractivity contribution in [3.8, 4) is 0 Å². The number of aromatic amines is 1. The van der Waals surface area contributed by atoms with Crippen molar-refractivity contribution in [2.24, 2.45) is 5.73 Å². The fourth-order valence-corrected chi connectivity index (χ4v) is 2.58. The molecule has 1 unspecified atom stereocenters. The number of morpholine rings is 1. The van der Waals surface area contributed by atoms with Gasteiger partial charge >= 0.3 is 0 Å². The van der Waals surface area contributed by atoms with Gasteiger partial charge in [-0.2, -0.15) is 4.98 Å². The van der Waals surface area contributed by atoms with Crippen molar-refractivity contribution in [2.75, 3.05) is 43.1 Å². The minimum absolute atomic E-state index is 0.108. The first-order valence-corrected chi connectivity index (χ1v) is 8.03. The fraction of sp³-hybridized carbons (Fsp3) is 0.429. The van der Waals surface area contributed by atoms with Crippen LogP contribution in [-0.4, -0.2) is 48.0 Å². The zero-order chi connectivity index (χ0) is 15.4. The molecule has 1 fully saturated rings. The van der Waals surface area contributed by atoms with E-state index in [0.29, 0.717) is 25.7 Å². The highest BCUT2D eigenvalue weighted by Crippen LogP contribution is 2.20. The minimum Gasteiger partial charge on any atom is -0.378 e. The van der Waals surface area contributed by atoms with Crippen molar-refractivity contribution >= 4 is 27.6 Å². The van der Waals surface area contributed by atoms with Gasteiger partial charge in [-0.3, -0.25) is 5.10 Å². The first kappa shape index (κ1) is 15.3. The maximum Gasteiger partial charge on any atom is 0.244 e. The van der Waals surface area contributed by atoms with Crippen molar-refractivity contribution < 1.29 is 4.74 Å². The topological polar surface area (TPSA) is 92.1 Å². The van der Waals surface area contributed by atoms with Gasteiger partial charge in [-0.05, 0) is 24.3 Å². The highest BCUT2D eigenvalue weighted by Gasteiger charge is 2.19. The van der Waals surface area contributed by atoms with Gasteiger partial charge in [0.05, 0.1) is 19.3 Å². The van der Waals surface area contributed by atoms with Crippen molar-refractivity contribution in [1.29, 1.82) is 0 Å². The number of benzene rings is 1. The van der Waals surface area contributed by atoms with Crippen molar-refractivity contribution in [3.63, 3.8) is 0 Å². The molecule has 118 valence electrons. The standard InChI is InChI=1S/C14H19BrN6O/c15-10-1-3-11(4-2-10)17-12(9-16)13-18-14(20-19-13)21-5-7-22-8-6-21/h1-4,12,17H,5-9,16H2,(H,18,19,20). The quantitative estimate of drug-likeness (QED) is 0.742. The molecule has 0 radical (unpaired) electrons. The average molecular weight is 367 g/mol. The number of aromatic nitrogens is 3. The molecule has 0 bridgehead atoms. The number of anilines is 2. The lowest BCUT2D eigenvalue weighted by Gasteiger charge is -2.25. The van der Waals surface area contributed by atoms with E-state index in [1.807, 2.05) is 24.3 Å². The Morgan fingerprint density at radius 2 is 2.05 bits per heavy atom. The number of hydrogen-bond acceptors (Lipinski definition) is 6. The monoisotopic (exact) mass is 366 g/mol. The van der Waals surface area contributed by atoms with E-state index in [-0.39, 0.29) is 6.04 Å². The second kappa shape index (κ2) is 7.08. The smallest absolute Gasteiger partial charge is 0.244 e. The molecule has 1 aliphatic rings. The molecule has 0 saturated carbocycles. The zero-order valence-electron chi connectivity index (χ0n) is 12.1. The summed E-state index contributed by atoms with van der Waals surface area (Å²) < 4.78 is 6.38. The molecule has 4 N–H and O–H groups in total. The number of rotatable bonds is 5. The first-order chi connectivity index (χ1) is 10.8. The molecule has 22 heavy (non-hydrogen) atoms. The molecule has 1 aromatic carbocycles. The van der Waals surface area contributed by atoms with Gasteiger partial charge in [-0.15, -0.1) is 5.10 Å². The molecule has 3 rings (SSSR count). The predicted octanol–water partition coefficient (Wildman–Crippen LogP) is 1.52. The van der Waals surface area contributed by atoms with E-state index in [2.05, 4.69) is 41.3 Å². The SMILES string of the molecule is NCC(Nc1ccc(Br)cc1)c1nc(N2CCOCC2)n[nH]1. The number of nitrogens with two attached hydrogens (primary N) is 1. The van der Waals surface area contributed by atoms with Crippen LogP contribution in [0.3, 0.4) is 0 Å². The molecule has 2 heterocycles. The van der Waals surface area contributed by atoms with Gasteiger partial charge in [-0.25, -0.2) is 0 Å². The Bertz CT molecular complexity index is 596. The lowest BCUT2D eigenvalue weighted by Crippen LogP contribution is -2.37. The summed E-state index contributed by atoms with van der Waals surface area (Å²) in [6.45, 7) is 3.46. The number of H-pyrrole nitrogens is 1. The Morgan fingerprint density at radius 3 is 2.73 bits per heavy atom. The lowest BCUT2D eigenvalue weighted by molar-refractivity contribution is 0.122. The summed E-state index contributed by atoms with van der Waals surface area (Å²) in [6.07, 6.45) is 0. The summed E-state index contributed by atoms with van der Waals surface area (Å²) in [7, 11) is 0. The first-order valence-electron chi connectivity index (χ1n) is 7.23. The van der Waals surface area contributed by atoms with Crippen LogP contribution >= 0.6 is 15.9 Å². The molecule has 0 aliphatic carbocycles. The Hall–Kier alpha value is -1.64. The summed E-state index contributed by atoms with van der Waals surface area (Å²) in [5.41, 5.74) is 6.87. The van der Waals surface area contributed by atoms with Gasteiger partial charge in [-0.1, -0.05) is 15.9 Å². The van der Waals surface area contributed by atoms with Gasteiger partial charge in [0, 0.05) is 29.8 Å². The molecule has 1 aliphatic heterocycles. The van der Waals surface area contributed by atoms with Gasteiger partial charge in [0.1, 0.15) is 5.82 Å². The van der Waals surface area contributed by atoms with Gasteiger partial charge in [0.25, 0.3) is 0 Å². The highest BCUT2D eigenvalue weighted by atomic mass is 79.9. The van der Waals surface area contributed by atoms with Crippen LogP contribution in [0.25, 0.3) is 0 Å². The van der Waals surface area contributed by atoms with E-state index in [1.165, 1.54) is 0 Å². The molecule has 1 saturated heterocycles. The Balaban J connectivity index is 1.70. The van der Waals surface area contributed by atoms with Crippen LogP contribution in [0, 0.1) is 0 Å². The average Bonchev–Trinajstić information content (AvgIpc) is 3.05. The second-order valence-electron chi connectivity index (χ2n) is 5.06. The summed E-state index contributed by atoms with van der Waals surface area (Å²) >= 11 is 3.42. The van der Waals surface area contributed by atoms with E-state index in [1.54, 1.807) is 0 Å². The fourth-order valence-electron chi connectivity index (χ4n) is 2.31. The second-order valence-corrected chi connectivity index (χ2v) is 5.98. The molecule has 0 spiro atoms. The maximum absolute atomic E-state index is 5.88. The van der Waals surface area contributed by atoms with E-state index in [0.717, 1.165) is 29.1 Å². The third kappa shape index (κ3) is 3.57. The normalized spacial score (nSPS) is 16.5. The van der Waals surface area contributed by atoms with Crippen LogP contribution in [0.5, 0.6) is 0 Å². The summed E-state index contributed by atoms with van der Waals surface area (Å²) in [5.74, 6) is 1.45. The molecule has 8 heteroatoms. The third-order valence-corrected chi connectivity index (χ3v) is 4.06. The van der Waals surface area contributed by atoms with E-state index in [4.69, 9.17) is 10.5 Å². The van der Waals surface area contributed by atoms with Gasteiger partial charge < -0.3 is 20.7 Å². The van der Waals surface area contributed by atoms with Crippen molar-refractivity contribution in [3.05, 3.63) is 34.6 Å². The van der Waals surface area contributed by atoms with Crippen molar-refractivity contribution in [1.82, 2.24) is 15.2 Å². The van der Waals surface area contributed by atoms with Crippen LogP contribution in [-0.2, 0) is 4.74 Å². The Labute approximate surface area is 137 Å². The molecule has 1 aromatic heterocycles. The van der Waals surface area contributed by atoms with E-state index in [9.17, 15) is 0 Å². The maximum atomic E-state index is 5.88. The number of ether oxygens (including phenoxy) is 1. The molecule has 2 aromatic rings. The summed E-state index contributed by atoms with van der Waals surface area (Å²) in [6, 6.07) is 7.84. The van der Waals surface area contributed by atoms with Crippen LogP contribution in [0.2, 0.25) is 0 Å². The highest BCUT2D eigenvalue weighted by molar-refractivity contribution is 9.10. The number of halogens is 1. The summed E-state index contributed by atoms with van der Waals surface area (Å²) in [4.78, 5) is 6.68. The van der Waals surface area contributed by atoms with Crippen LogP contribution in [0.4, 0.5) is 11.6 Å². The van der Waals surface area contributed by atoms with Crippen molar-refractivity contribution in [2.45, 2.75) is 6.04 Å². The predicted molar refractivity (Wildman–Crippen MR) is 89.0 cm³/mol. The Kier molecular flexibility index (Phi) is 4.91. The third-order valence-electron chi connectivity index (χ3n) is 3.54. The number of nitrogens with zero attached hydrogens (tertiary/aromatic N) is 3. The van der Waals surface area contributed by atoms with E-state index >= 15 is 0 Å². The lowest BCUT2D eigenvalue weighted by atomic mass is 10.2.